The molecule has 12 heavy (non-hydrogen) atoms. The molecule has 1 radical (unpaired) electrons. The molecule has 0 aliphatic rings. The predicted octanol–water partition coefficient (Wildman–Crippen LogP) is 2.85. The van der Waals surface area contributed by atoms with Gasteiger partial charge in [0.1, 0.15) is 0 Å². The summed E-state index contributed by atoms with van der Waals surface area (Å²) < 4.78 is 0. The Bertz CT molecular complexity index is 238. The van der Waals surface area contributed by atoms with Crippen LogP contribution in [0.15, 0.2) is 0 Å². The first-order chi connectivity index (χ1) is 5.65. The van der Waals surface area contributed by atoms with Crippen LogP contribution in [0, 0.1) is 6.07 Å². The van der Waals surface area contributed by atoms with Gasteiger partial charge in [-0.2, -0.15) is 5.10 Å². The Balaban J connectivity index is 2.77. The van der Waals surface area contributed by atoms with E-state index in [-0.39, 0.29) is 0 Å². The lowest BCUT2D eigenvalue weighted by Crippen LogP contribution is -1.90. The second-order valence-electron chi connectivity index (χ2n) is 3.61. The number of hydrogen-bond acceptors (Lipinski definition) is 1. The molecule has 0 aliphatic heterocycles. The third-order valence-electron chi connectivity index (χ3n) is 2.21. The van der Waals surface area contributed by atoms with Crippen molar-refractivity contribution in [3.63, 3.8) is 0 Å². The Labute approximate surface area is 74.4 Å². The van der Waals surface area contributed by atoms with Crippen LogP contribution >= 0.6 is 0 Å². The number of H-pyrrole nitrogens is 1. The van der Waals surface area contributed by atoms with Crippen molar-refractivity contribution in [3.05, 3.63) is 17.5 Å². The second kappa shape index (κ2) is 3.74. The molecule has 0 saturated carbocycles. The van der Waals surface area contributed by atoms with Gasteiger partial charge in [0.2, 0.25) is 0 Å². The second-order valence-corrected chi connectivity index (χ2v) is 3.61. The zero-order chi connectivity index (χ0) is 9.14. The quantitative estimate of drug-likeness (QED) is 0.733. The van der Waals surface area contributed by atoms with E-state index < -0.39 is 0 Å². The lowest BCUT2D eigenvalue weighted by molar-refractivity contribution is 0.702. The summed E-state index contributed by atoms with van der Waals surface area (Å²) in [6, 6.07) is 3.30. The van der Waals surface area contributed by atoms with Crippen LogP contribution in [-0.2, 0) is 0 Å². The van der Waals surface area contributed by atoms with Crippen molar-refractivity contribution < 1.29 is 0 Å². The fraction of sp³-hybridized carbons (Fsp3) is 0.700. The molecule has 2 nitrogen and oxygen atoms in total. The molecule has 1 unspecified atom stereocenters. The zero-order valence-corrected chi connectivity index (χ0v) is 8.31. The lowest BCUT2D eigenvalue weighted by atomic mass is 10.0. The average Bonchev–Trinajstić information content (AvgIpc) is 2.51. The number of aromatic amines is 1. The van der Waals surface area contributed by atoms with E-state index in [1.54, 1.807) is 0 Å². The molecule has 0 amide bonds. The summed E-state index contributed by atoms with van der Waals surface area (Å²) in [4.78, 5) is 0. The number of nitrogens with one attached hydrogen (secondary N) is 1. The molecular weight excluding hydrogens is 148 g/mol. The fourth-order valence-corrected chi connectivity index (χ4v) is 1.03. The van der Waals surface area contributed by atoms with Crippen molar-refractivity contribution in [2.75, 3.05) is 0 Å². The third-order valence-corrected chi connectivity index (χ3v) is 2.21. The van der Waals surface area contributed by atoms with Crippen LogP contribution in [0.4, 0.5) is 0 Å². The highest BCUT2D eigenvalue weighted by Crippen LogP contribution is 2.19. The van der Waals surface area contributed by atoms with Crippen LogP contribution in [-0.4, -0.2) is 10.2 Å². The summed E-state index contributed by atoms with van der Waals surface area (Å²) in [6.45, 7) is 8.63. The van der Waals surface area contributed by atoms with Gasteiger partial charge in [0.15, 0.2) is 0 Å². The summed E-state index contributed by atoms with van der Waals surface area (Å²) in [7, 11) is 0. The van der Waals surface area contributed by atoms with Gasteiger partial charge in [0, 0.05) is 11.8 Å². The molecule has 1 heterocycles. The standard InChI is InChI=1S/C10H17N2/c1-5-8(4)10-6-9(7(2)3)11-12-10/h7-8H,5H2,1-4H3,(H,11,12). The number of aromatic nitrogens is 2. The first kappa shape index (κ1) is 9.30. The Morgan fingerprint density at radius 2 is 2.08 bits per heavy atom. The Morgan fingerprint density at radius 1 is 1.42 bits per heavy atom. The van der Waals surface area contributed by atoms with Gasteiger partial charge >= 0.3 is 0 Å². The summed E-state index contributed by atoms with van der Waals surface area (Å²) in [5.74, 6) is 1.02. The van der Waals surface area contributed by atoms with Crippen molar-refractivity contribution in [1.29, 1.82) is 0 Å². The molecule has 1 aromatic heterocycles. The molecule has 0 saturated heterocycles. The van der Waals surface area contributed by atoms with E-state index in [0.717, 1.165) is 17.8 Å². The fourth-order valence-electron chi connectivity index (χ4n) is 1.03. The maximum Gasteiger partial charge on any atom is 0.0730 e. The molecule has 0 aromatic carbocycles. The molecule has 2 heteroatoms. The van der Waals surface area contributed by atoms with Crippen LogP contribution in [0.2, 0.25) is 0 Å². The van der Waals surface area contributed by atoms with Gasteiger partial charge in [-0.1, -0.05) is 27.7 Å². The highest BCUT2D eigenvalue weighted by Gasteiger charge is 2.09. The molecule has 0 fully saturated rings. The molecule has 67 valence electrons. The average molecular weight is 165 g/mol. The summed E-state index contributed by atoms with van der Waals surface area (Å²) >= 11 is 0. The first-order valence-electron chi connectivity index (χ1n) is 4.62. The molecule has 0 spiro atoms. The van der Waals surface area contributed by atoms with Crippen LogP contribution in [0.5, 0.6) is 0 Å². The van der Waals surface area contributed by atoms with Gasteiger partial charge in [-0.15, -0.1) is 0 Å². The molecule has 0 bridgehead atoms. The largest absolute Gasteiger partial charge is 0.281 e. The van der Waals surface area contributed by atoms with Crippen molar-refractivity contribution in [3.8, 4) is 0 Å². The topological polar surface area (TPSA) is 28.7 Å². The highest BCUT2D eigenvalue weighted by atomic mass is 15.1. The first-order valence-corrected chi connectivity index (χ1v) is 4.62. The molecule has 1 aromatic rings. The molecule has 1 atom stereocenters. The predicted molar refractivity (Wildman–Crippen MR) is 50.2 cm³/mol. The number of rotatable bonds is 3. The minimum Gasteiger partial charge on any atom is -0.281 e. The van der Waals surface area contributed by atoms with E-state index in [1.165, 1.54) is 0 Å². The van der Waals surface area contributed by atoms with Crippen LogP contribution in [0.3, 0.4) is 0 Å². The van der Waals surface area contributed by atoms with Crippen molar-refractivity contribution in [2.45, 2.75) is 46.0 Å². The van der Waals surface area contributed by atoms with Gasteiger partial charge < -0.3 is 0 Å². The maximum atomic E-state index is 4.20. The van der Waals surface area contributed by atoms with Gasteiger partial charge in [0.25, 0.3) is 0 Å². The van der Waals surface area contributed by atoms with Gasteiger partial charge in [0.05, 0.1) is 5.69 Å². The van der Waals surface area contributed by atoms with Gasteiger partial charge in [-0.25, -0.2) is 0 Å². The monoisotopic (exact) mass is 165 g/mol. The SMILES string of the molecule is CCC(C)c1[c]c(C(C)C)n[nH]1. The van der Waals surface area contributed by atoms with Gasteiger partial charge in [-0.3, -0.25) is 5.10 Å². The molecule has 1 rings (SSSR count). The number of hydrogen-bond donors (Lipinski definition) is 1. The maximum absolute atomic E-state index is 4.20. The van der Waals surface area contributed by atoms with Crippen molar-refractivity contribution in [1.82, 2.24) is 10.2 Å². The van der Waals surface area contributed by atoms with Crippen LogP contribution < -0.4 is 0 Å². The van der Waals surface area contributed by atoms with E-state index in [4.69, 9.17) is 0 Å². The minimum absolute atomic E-state index is 0.471. The normalized spacial score (nSPS) is 13.8. The Morgan fingerprint density at radius 3 is 2.50 bits per heavy atom. The lowest BCUT2D eigenvalue weighted by Gasteiger charge is -2.02. The minimum atomic E-state index is 0.471. The van der Waals surface area contributed by atoms with E-state index >= 15 is 0 Å². The van der Waals surface area contributed by atoms with Gasteiger partial charge in [-0.05, 0) is 18.3 Å². The molecular formula is C10H17N2. The van der Waals surface area contributed by atoms with Crippen molar-refractivity contribution in [2.24, 2.45) is 0 Å². The third kappa shape index (κ3) is 1.87. The van der Waals surface area contributed by atoms with E-state index in [1.807, 2.05) is 0 Å². The smallest absolute Gasteiger partial charge is 0.0730 e. The summed E-state index contributed by atoms with van der Waals surface area (Å²) in [5, 5.41) is 7.24. The Hall–Kier alpha value is -0.790. The molecule has 1 N–H and O–H groups in total. The van der Waals surface area contributed by atoms with E-state index in [2.05, 4.69) is 44.0 Å². The Kier molecular flexibility index (Phi) is 2.90. The number of nitrogens with zero attached hydrogens (tertiary/aromatic N) is 1. The van der Waals surface area contributed by atoms with Crippen LogP contribution in [0.1, 0.15) is 57.3 Å². The van der Waals surface area contributed by atoms with E-state index in [9.17, 15) is 0 Å². The highest BCUT2D eigenvalue weighted by molar-refractivity contribution is 5.12. The summed E-state index contributed by atoms with van der Waals surface area (Å²) in [5.41, 5.74) is 2.19. The molecule has 0 aliphatic carbocycles. The summed E-state index contributed by atoms with van der Waals surface area (Å²) in [6.07, 6.45) is 1.14. The van der Waals surface area contributed by atoms with Crippen LogP contribution in [0.25, 0.3) is 0 Å². The van der Waals surface area contributed by atoms with Crippen molar-refractivity contribution >= 4 is 0 Å². The van der Waals surface area contributed by atoms with E-state index in [0.29, 0.717) is 11.8 Å². The zero-order valence-electron chi connectivity index (χ0n) is 8.31.